The number of hydrogen-bond acceptors (Lipinski definition) is 4. The summed E-state index contributed by atoms with van der Waals surface area (Å²) in [4.78, 5) is 18.6. The zero-order chi connectivity index (χ0) is 5.86. The fraction of sp³-hybridized carbons (Fsp3) is 0.333. The molecule has 0 fully saturated rings. The summed E-state index contributed by atoms with van der Waals surface area (Å²) in [5.41, 5.74) is 0. The molecule has 0 aromatic heterocycles. The summed E-state index contributed by atoms with van der Waals surface area (Å²) < 4.78 is 0. The van der Waals surface area contributed by atoms with Gasteiger partial charge < -0.3 is 19.8 Å². The second-order valence-corrected chi connectivity index (χ2v) is 0.921. The van der Waals surface area contributed by atoms with E-state index in [9.17, 15) is 19.8 Å². The Bertz CT molecular complexity index is 90.0. The summed E-state index contributed by atoms with van der Waals surface area (Å²) >= 11 is 0. The van der Waals surface area contributed by atoms with Gasteiger partial charge in [0.05, 0.1) is 0 Å². The molecule has 0 aliphatic heterocycles. The van der Waals surface area contributed by atoms with E-state index >= 15 is 0 Å². The van der Waals surface area contributed by atoms with Crippen molar-refractivity contribution in [3.8, 4) is 0 Å². The summed E-state index contributed by atoms with van der Waals surface area (Å²) in [5.74, 6) is -3.25. The molecule has 0 unspecified atom stereocenters. The van der Waals surface area contributed by atoms with Crippen LogP contribution in [-0.4, -0.2) is 11.9 Å². The standard InChI is InChI=1S/C3H4O4.2K/c4-2(5)1-3(6)7;;/h1H2,(H,4,5)(H,6,7);;/q;2*+1/p-2. The minimum atomic E-state index is -1.63. The van der Waals surface area contributed by atoms with Crippen LogP contribution in [0.15, 0.2) is 0 Å². The Morgan fingerprint density at radius 3 is 1.22 bits per heavy atom. The molecular formula is C3H2K2O4. The number of carboxylic acid groups (broad SMARTS) is 2. The summed E-state index contributed by atoms with van der Waals surface area (Å²) in [6, 6.07) is 0. The Hall–Kier alpha value is 2.21. The predicted molar refractivity (Wildman–Crippen MR) is 14.6 cm³/mol. The number of carboxylic acids is 2. The van der Waals surface area contributed by atoms with Crippen molar-refractivity contribution < 1.29 is 123 Å². The summed E-state index contributed by atoms with van der Waals surface area (Å²) in [7, 11) is 0. The van der Waals surface area contributed by atoms with Crippen LogP contribution in [-0.2, 0) is 9.59 Å². The average Bonchev–Trinajstić information content (AvgIpc) is 1.27. The molecular weight excluding hydrogens is 178 g/mol. The smallest absolute Gasteiger partial charge is 0.550 e. The van der Waals surface area contributed by atoms with Gasteiger partial charge in [0.1, 0.15) is 0 Å². The first-order chi connectivity index (χ1) is 3.13. The Kier molecular flexibility index (Phi) is 19.7. The van der Waals surface area contributed by atoms with Gasteiger partial charge in [0.15, 0.2) is 0 Å². The van der Waals surface area contributed by atoms with Gasteiger partial charge in [-0.2, -0.15) is 0 Å². The number of hydrogen-bond donors (Lipinski definition) is 0. The molecule has 0 amide bonds. The molecule has 0 heterocycles. The van der Waals surface area contributed by atoms with Crippen molar-refractivity contribution in [2.24, 2.45) is 0 Å². The van der Waals surface area contributed by atoms with Crippen molar-refractivity contribution >= 4 is 11.9 Å². The first-order valence-electron chi connectivity index (χ1n) is 1.52. The third kappa shape index (κ3) is 17.8. The number of carbonyl (C=O) groups excluding carboxylic acids is 2. The van der Waals surface area contributed by atoms with Crippen molar-refractivity contribution in [1.29, 1.82) is 0 Å². The molecule has 0 aliphatic carbocycles. The van der Waals surface area contributed by atoms with Gasteiger partial charge >= 0.3 is 103 Å². The molecule has 40 valence electrons. The molecule has 0 atom stereocenters. The van der Waals surface area contributed by atoms with Crippen LogP contribution in [0.3, 0.4) is 0 Å². The fourth-order valence-electron chi connectivity index (χ4n) is 0.118. The van der Waals surface area contributed by atoms with Gasteiger partial charge in [0.2, 0.25) is 0 Å². The maximum atomic E-state index is 9.28. The van der Waals surface area contributed by atoms with Crippen LogP contribution < -0.4 is 113 Å². The van der Waals surface area contributed by atoms with E-state index in [0.29, 0.717) is 0 Å². The number of carbonyl (C=O) groups is 2. The van der Waals surface area contributed by atoms with E-state index in [0.717, 1.165) is 0 Å². The Morgan fingerprint density at radius 2 is 1.22 bits per heavy atom. The second-order valence-electron chi connectivity index (χ2n) is 0.921. The minimum absolute atomic E-state index is 0. The first-order valence-corrected chi connectivity index (χ1v) is 1.52. The van der Waals surface area contributed by atoms with E-state index in [-0.39, 0.29) is 103 Å². The molecule has 9 heavy (non-hydrogen) atoms. The molecule has 0 rings (SSSR count). The topological polar surface area (TPSA) is 80.3 Å². The van der Waals surface area contributed by atoms with E-state index in [4.69, 9.17) is 0 Å². The van der Waals surface area contributed by atoms with Crippen molar-refractivity contribution in [2.45, 2.75) is 6.42 Å². The molecule has 4 nitrogen and oxygen atoms in total. The van der Waals surface area contributed by atoms with Gasteiger partial charge in [-0.1, -0.05) is 0 Å². The normalized spacial score (nSPS) is 6.22. The Morgan fingerprint density at radius 1 is 1.00 bits per heavy atom. The van der Waals surface area contributed by atoms with Crippen molar-refractivity contribution in [1.82, 2.24) is 0 Å². The van der Waals surface area contributed by atoms with Crippen LogP contribution >= 0.6 is 0 Å². The summed E-state index contributed by atoms with van der Waals surface area (Å²) in [5, 5.41) is 18.6. The molecule has 6 heteroatoms. The van der Waals surface area contributed by atoms with Crippen LogP contribution in [0.4, 0.5) is 0 Å². The van der Waals surface area contributed by atoms with E-state index in [1.807, 2.05) is 0 Å². The van der Waals surface area contributed by atoms with E-state index in [2.05, 4.69) is 0 Å². The SMILES string of the molecule is O=C([O-])CC(=O)[O-].[K+].[K+]. The quantitative estimate of drug-likeness (QED) is 0.312. The van der Waals surface area contributed by atoms with Gasteiger partial charge in [-0.15, -0.1) is 0 Å². The van der Waals surface area contributed by atoms with Crippen molar-refractivity contribution in [3.05, 3.63) is 0 Å². The number of aliphatic carboxylic acids is 2. The third-order valence-electron chi connectivity index (χ3n) is 0.289. The molecule has 0 bridgehead atoms. The van der Waals surface area contributed by atoms with Crippen molar-refractivity contribution in [3.63, 3.8) is 0 Å². The number of rotatable bonds is 2. The molecule has 0 saturated heterocycles. The molecule has 0 spiro atoms. The van der Waals surface area contributed by atoms with Gasteiger partial charge in [-0.05, 0) is 0 Å². The van der Waals surface area contributed by atoms with Gasteiger partial charge in [0, 0.05) is 18.4 Å². The van der Waals surface area contributed by atoms with E-state index in [1.165, 1.54) is 0 Å². The van der Waals surface area contributed by atoms with Gasteiger partial charge in [0.25, 0.3) is 0 Å². The molecule has 0 aliphatic rings. The second kappa shape index (κ2) is 10.2. The van der Waals surface area contributed by atoms with Crippen LogP contribution in [0.1, 0.15) is 6.42 Å². The van der Waals surface area contributed by atoms with Crippen LogP contribution in [0.5, 0.6) is 0 Å². The van der Waals surface area contributed by atoms with E-state index < -0.39 is 18.4 Å². The summed E-state index contributed by atoms with van der Waals surface area (Å²) in [6.07, 6.45) is -1.03. The minimum Gasteiger partial charge on any atom is -0.550 e. The largest absolute Gasteiger partial charge is 1.00 e. The van der Waals surface area contributed by atoms with Gasteiger partial charge in [-0.25, -0.2) is 0 Å². The molecule has 0 aromatic rings. The van der Waals surface area contributed by atoms with Crippen LogP contribution in [0.2, 0.25) is 0 Å². The maximum absolute atomic E-state index is 9.28. The monoisotopic (exact) mass is 180 g/mol. The molecule has 0 saturated carbocycles. The zero-order valence-corrected chi connectivity index (χ0v) is 11.6. The van der Waals surface area contributed by atoms with E-state index in [1.54, 1.807) is 0 Å². The van der Waals surface area contributed by atoms with Crippen molar-refractivity contribution in [2.75, 3.05) is 0 Å². The first kappa shape index (κ1) is 17.3. The summed E-state index contributed by atoms with van der Waals surface area (Å²) in [6.45, 7) is 0. The molecule has 0 aromatic carbocycles. The predicted octanol–water partition coefficient (Wildman–Crippen LogP) is -9.12. The molecule has 0 radical (unpaired) electrons. The maximum Gasteiger partial charge on any atom is 1.00 e. The van der Waals surface area contributed by atoms with Crippen LogP contribution in [0.25, 0.3) is 0 Å². The zero-order valence-electron chi connectivity index (χ0n) is 5.34. The Labute approximate surface area is 137 Å². The Balaban J connectivity index is -0.000000180. The fourth-order valence-corrected chi connectivity index (χ4v) is 0.118. The third-order valence-corrected chi connectivity index (χ3v) is 0.289. The van der Waals surface area contributed by atoms with Crippen LogP contribution in [0, 0.1) is 0 Å². The van der Waals surface area contributed by atoms with Gasteiger partial charge in [-0.3, -0.25) is 0 Å². The molecule has 0 N–H and O–H groups in total. The average molecular weight is 180 g/mol.